The molecule has 1 fully saturated rings. The van der Waals surface area contributed by atoms with E-state index in [1.807, 2.05) is 0 Å². The highest BCUT2D eigenvalue weighted by atomic mass is 35.5. The van der Waals surface area contributed by atoms with E-state index in [-0.39, 0.29) is 17.3 Å². The van der Waals surface area contributed by atoms with Crippen molar-refractivity contribution in [2.24, 2.45) is 5.92 Å². The minimum absolute atomic E-state index is 0.105. The zero-order valence-corrected chi connectivity index (χ0v) is 19.2. The van der Waals surface area contributed by atoms with Gasteiger partial charge in [-0.3, -0.25) is 4.79 Å². The van der Waals surface area contributed by atoms with Crippen molar-refractivity contribution >= 4 is 44.7 Å². The van der Waals surface area contributed by atoms with E-state index in [1.54, 1.807) is 32.0 Å². The lowest BCUT2D eigenvalue weighted by Crippen LogP contribution is -2.43. The minimum Gasteiger partial charge on any atom is -0.339 e. The highest BCUT2D eigenvalue weighted by Crippen LogP contribution is 2.35. The molecule has 0 radical (unpaired) electrons. The molecule has 1 aliphatic heterocycles. The van der Waals surface area contributed by atoms with Gasteiger partial charge in [0.15, 0.2) is 0 Å². The Balaban J connectivity index is 1.51. The van der Waals surface area contributed by atoms with Gasteiger partial charge in [0.25, 0.3) is 0 Å². The Morgan fingerprint density at radius 1 is 1.35 bits per heavy atom. The van der Waals surface area contributed by atoms with Gasteiger partial charge in [0.05, 0.1) is 20.7 Å². The Hall–Kier alpha value is -2.34. The number of thiophene rings is 1. The number of nitrogens with zero attached hydrogens (tertiary/aromatic N) is 4. The lowest BCUT2D eigenvalue weighted by Gasteiger charge is -2.31. The van der Waals surface area contributed by atoms with E-state index in [4.69, 9.17) is 16.1 Å². The van der Waals surface area contributed by atoms with Crippen LogP contribution in [0.4, 0.5) is 5.82 Å². The van der Waals surface area contributed by atoms with Crippen molar-refractivity contribution in [2.45, 2.75) is 31.6 Å². The number of aromatic nitrogens is 3. The maximum atomic E-state index is 13.3. The second-order valence-electron chi connectivity index (χ2n) is 7.22. The maximum Gasteiger partial charge on any atom is 0.244 e. The van der Waals surface area contributed by atoms with Crippen LogP contribution in [0.25, 0.3) is 10.7 Å². The zero-order chi connectivity index (χ0) is 22.2. The number of halogens is 1. The van der Waals surface area contributed by atoms with Gasteiger partial charge in [-0.05, 0) is 38.0 Å². The fourth-order valence-electron chi connectivity index (χ4n) is 3.42. The summed E-state index contributed by atoms with van der Waals surface area (Å²) in [7, 11) is -3.77. The van der Waals surface area contributed by atoms with Crippen LogP contribution in [-0.4, -0.2) is 46.8 Å². The molecule has 3 aromatic rings. The molecular formula is C19H20ClN5O4S2. The molecule has 1 atom stereocenters. The van der Waals surface area contributed by atoms with Crippen LogP contribution in [0.3, 0.4) is 0 Å². The summed E-state index contributed by atoms with van der Waals surface area (Å²) < 4.78 is 33.0. The lowest BCUT2D eigenvalue weighted by atomic mass is 9.99. The Morgan fingerprint density at radius 3 is 2.84 bits per heavy atom. The quantitative estimate of drug-likeness (QED) is 0.592. The summed E-state index contributed by atoms with van der Waals surface area (Å²) in [5.74, 6) is 0.408. The Kier molecular flexibility index (Phi) is 6.11. The summed E-state index contributed by atoms with van der Waals surface area (Å²) in [5.41, 5.74) is 0. The summed E-state index contributed by atoms with van der Waals surface area (Å²) in [4.78, 5) is 22.4. The molecule has 0 spiro atoms. The second-order valence-corrected chi connectivity index (χ2v) is 10.8. The smallest absolute Gasteiger partial charge is 0.244 e. The van der Waals surface area contributed by atoms with Crippen molar-refractivity contribution in [3.05, 3.63) is 40.2 Å². The van der Waals surface area contributed by atoms with Gasteiger partial charge in [-0.25, -0.2) is 13.4 Å². The molecule has 1 unspecified atom stereocenters. The van der Waals surface area contributed by atoms with Crippen molar-refractivity contribution < 1.29 is 17.7 Å². The van der Waals surface area contributed by atoms with E-state index in [9.17, 15) is 13.2 Å². The summed E-state index contributed by atoms with van der Waals surface area (Å²) in [6, 6.07) is 4.80. The Bertz CT molecular complexity index is 1210. The number of carbonyl (C=O) groups excluding carboxylic acids is 1. The fraction of sp³-hybridized carbons (Fsp3) is 0.368. The lowest BCUT2D eigenvalue weighted by molar-refractivity contribution is -0.120. The third-order valence-corrected chi connectivity index (χ3v) is 8.36. The molecule has 31 heavy (non-hydrogen) atoms. The number of aryl methyl sites for hydroxylation is 2. The molecular weight excluding hydrogens is 462 g/mol. The van der Waals surface area contributed by atoms with Crippen molar-refractivity contribution in [2.75, 3.05) is 18.4 Å². The van der Waals surface area contributed by atoms with E-state index in [1.165, 1.54) is 21.8 Å². The van der Waals surface area contributed by atoms with Gasteiger partial charge in [-0.15, -0.1) is 11.3 Å². The van der Waals surface area contributed by atoms with Crippen molar-refractivity contribution in [3.63, 3.8) is 0 Å². The van der Waals surface area contributed by atoms with Crippen LogP contribution in [0.5, 0.6) is 0 Å². The number of hydrogen-bond acceptors (Lipinski definition) is 8. The predicted octanol–water partition coefficient (Wildman–Crippen LogP) is 3.50. The van der Waals surface area contributed by atoms with E-state index >= 15 is 0 Å². The summed E-state index contributed by atoms with van der Waals surface area (Å²) in [5, 5.41) is 7.07. The molecule has 0 saturated carbocycles. The first-order valence-corrected chi connectivity index (χ1v) is 12.2. The van der Waals surface area contributed by atoms with Crippen LogP contribution in [0.15, 0.2) is 33.8 Å². The number of hydrogen-bond donors (Lipinski definition) is 1. The maximum absolute atomic E-state index is 13.3. The van der Waals surface area contributed by atoms with Gasteiger partial charge in [-0.1, -0.05) is 16.8 Å². The third kappa shape index (κ3) is 4.64. The second kappa shape index (κ2) is 8.65. The van der Waals surface area contributed by atoms with Crippen LogP contribution in [0.2, 0.25) is 5.02 Å². The average molecular weight is 482 g/mol. The number of pyridine rings is 1. The van der Waals surface area contributed by atoms with E-state index < -0.39 is 15.9 Å². The van der Waals surface area contributed by atoms with Gasteiger partial charge in [-0.2, -0.15) is 9.29 Å². The SMILES string of the molecule is Cc1nc(-c2cc(S(=O)(=O)N3CCCC(C(=O)Nc4ccc(Cl)cn4)C3)c(C)s2)no1. The van der Waals surface area contributed by atoms with Crippen molar-refractivity contribution in [1.29, 1.82) is 0 Å². The van der Waals surface area contributed by atoms with E-state index in [0.29, 0.717) is 51.7 Å². The van der Waals surface area contributed by atoms with Crippen LogP contribution < -0.4 is 5.32 Å². The molecule has 4 heterocycles. The van der Waals surface area contributed by atoms with Crippen LogP contribution >= 0.6 is 22.9 Å². The monoisotopic (exact) mass is 481 g/mol. The molecule has 0 aromatic carbocycles. The van der Waals surface area contributed by atoms with Gasteiger partial charge in [0.2, 0.25) is 27.6 Å². The molecule has 1 N–H and O–H groups in total. The molecule has 1 aliphatic rings. The molecule has 0 aliphatic carbocycles. The topological polar surface area (TPSA) is 118 Å². The molecule has 3 aromatic heterocycles. The molecule has 4 rings (SSSR count). The van der Waals surface area contributed by atoms with Gasteiger partial charge < -0.3 is 9.84 Å². The van der Waals surface area contributed by atoms with Gasteiger partial charge in [0.1, 0.15) is 5.82 Å². The summed E-state index contributed by atoms with van der Waals surface area (Å²) >= 11 is 7.11. The fourth-order valence-corrected chi connectivity index (χ4v) is 6.54. The van der Waals surface area contributed by atoms with Crippen LogP contribution in [-0.2, 0) is 14.8 Å². The summed E-state index contributed by atoms with van der Waals surface area (Å²) in [6.45, 7) is 3.88. The molecule has 164 valence electrons. The average Bonchev–Trinajstić information content (AvgIpc) is 3.35. The van der Waals surface area contributed by atoms with Crippen LogP contribution in [0.1, 0.15) is 23.6 Å². The highest BCUT2D eigenvalue weighted by Gasteiger charge is 2.35. The van der Waals surface area contributed by atoms with Gasteiger partial charge >= 0.3 is 0 Å². The first kappa shape index (κ1) is 21.9. The first-order valence-electron chi connectivity index (χ1n) is 9.58. The number of piperidine rings is 1. The van der Waals surface area contributed by atoms with Crippen molar-refractivity contribution in [1.82, 2.24) is 19.4 Å². The third-order valence-electron chi connectivity index (χ3n) is 4.97. The highest BCUT2D eigenvalue weighted by molar-refractivity contribution is 7.89. The Labute approximate surface area is 188 Å². The Morgan fingerprint density at radius 2 is 2.16 bits per heavy atom. The normalized spacial score (nSPS) is 17.6. The van der Waals surface area contributed by atoms with E-state index in [2.05, 4.69) is 20.4 Å². The predicted molar refractivity (Wildman–Crippen MR) is 116 cm³/mol. The van der Waals surface area contributed by atoms with E-state index in [0.717, 1.165) is 0 Å². The zero-order valence-electron chi connectivity index (χ0n) is 16.8. The number of rotatable bonds is 5. The number of nitrogens with one attached hydrogen (secondary N) is 1. The van der Waals surface area contributed by atoms with Gasteiger partial charge in [0, 0.05) is 31.1 Å². The molecule has 1 saturated heterocycles. The number of carbonyl (C=O) groups is 1. The van der Waals surface area contributed by atoms with Crippen LogP contribution in [0, 0.1) is 19.8 Å². The number of anilines is 1. The molecule has 0 bridgehead atoms. The first-order chi connectivity index (χ1) is 14.7. The number of sulfonamides is 1. The number of amides is 1. The molecule has 1 amide bonds. The van der Waals surface area contributed by atoms with Crippen molar-refractivity contribution in [3.8, 4) is 10.7 Å². The summed E-state index contributed by atoms with van der Waals surface area (Å²) in [6.07, 6.45) is 2.63. The largest absolute Gasteiger partial charge is 0.339 e. The molecule has 9 nitrogen and oxygen atoms in total. The minimum atomic E-state index is -3.77. The molecule has 12 heteroatoms. The standard InChI is InChI=1S/C19H20ClN5O4S2/c1-11-16(8-15(30-11)18-22-12(2)29-24-18)31(27,28)25-7-3-4-13(10-25)19(26)23-17-6-5-14(20)9-21-17/h5-6,8-9,13H,3-4,7,10H2,1-2H3,(H,21,23,26).